The summed E-state index contributed by atoms with van der Waals surface area (Å²) in [6, 6.07) is 5.26. The van der Waals surface area contributed by atoms with E-state index in [1.807, 2.05) is 0 Å². The molecule has 1 aromatic heterocycles. The Balaban J connectivity index is 1.69. The van der Waals surface area contributed by atoms with Crippen LogP contribution in [0.2, 0.25) is 0 Å². The van der Waals surface area contributed by atoms with Gasteiger partial charge in [0.05, 0.1) is 5.75 Å². The highest BCUT2D eigenvalue weighted by atomic mass is 32.2. The standard InChI is InChI=1S/C12H11N3O3S/c16-9(6-19-12-13-7-14-15-12)8-1-2-10-11(5-8)18-4-3-17-10/h1-2,5,7H,3-4,6H2,(H,13,14,15)/p+1. The molecule has 0 saturated heterocycles. The molecule has 0 aliphatic carbocycles. The minimum atomic E-state index is 0.0324. The molecule has 0 spiro atoms. The maximum atomic E-state index is 12.1. The molecular formula is C12H12N3O3S+. The van der Waals surface area contributed by atoms with Gasteiger partial charge in [0.25, 0.3) is 11.5 Å². The number of Topliss-reactive ketones (excluding diaryl/α,β-unsaturated/α-hetero) is 1. The second-order valence-corrected chi connectivity index (χ2v) is 4.90. The van der Waals surface area contributed by atoms with Crippen LogP contribution in [0.1, 0.15) is 10.4 Å². The van der Waals surface area contributed by atoms with Crippen LogP contribution in [-0.2, 0) is 0 Å². The SMILES string of the molecule is O=C(CSc1[nH]nc[nH+]1)c1ccc2c(c1)OCCO2. The van der Waals surface area contributed by atoms with Gasteiger partial charge >= 0.3 is 0 Å². The maximum Gasteiger partial charge on any atom is 0.291 e. The van der Waals surface area contributed by atoms with Crippen molar-refractivity contribution in [2.45, 2.75) is 5.16 Å². The molecule has 2 heterocycles. The van der Waals surface area contributed by atoms with Crippen LogP contribution >= 0.6 is 11.8 Å². The van der Waals surface area contributed by atoms with Crippen LogP contribution in [0.4, 0.5) is 0 Å². The summed E-state index contributed by atoms with van der Waals surface area (Å²) in [6.07, 6.45) is 1.54. The molecule has 2 N–H and O–H groups in total. The fourth-order valence-electron chi connectivity index (χ4n) is 1.73. The van der Waals surface area contributed by atoms with Crippen molar-refractivity contribution in [3.8, 4) is 11.5 Å². The minimum absolute atomic E-state index is 0.0324. The molecule has 0 atom stereocenters. The lowest BCUT2D eigenvalue weighted by Crippen LogP contribution is -2.16. The number of aromatic nitrogens is 3. The van der Waals surface area contributed by atoms with E-state index in [1.165, 1.54) is 18.1 Å². The topological polar surface area (TPSA) is 78.4 Å². The van der Waals surface area contributed by atoms with Gasteiger partial charge in [-0.3, -0.25) is 4.79 Å². The van der Waals surface area contributed by atoms with E-state index in [2.05, 4.69) is 15.2 Å². The van der Waals surface area contributed by atoms with Crippen molar-refractivity contribution >= 4 is 17.5 Å². The van der Waals surface area contributed by atoms with Gasteiger partial charge in [0.2, 0.25) is 0 Å². The second-order valence-electron chi connectivity index (χ2n) is 3.91. The van der Waals surface area contributed by atoms with Gasteiger partial charge in [0.1, 0.15) is 13.2 Å². The number of nitrogens with one attached hydrogen (secondary N) is 2. The first kappa shape index (κ1) is 12.0. The van der Waals surface area contributed by atoms with Gasteiger partial charge in [0, 0.05) is 10.7 Å². The zero-order valence-corrected chi connectivity index (χ0v) is 10.8. The highest BCUT2D eigenvalue weighted by Crippen LogP contribution is 2.31. The van der Waals surface area contributed by atoms with Crippen LogP contribution in [0.15, 0.2) is 29.7 Å². The summed E-state index contributed by atoms with van der Waals surface area (Å²) >= 11 is 1.37. The first-order valence-electron chi connectivity index (χ1n) is 5.79. The number of nitrogens with zero attached hydrogens (tertiary/aromatic N) is 1. The molecule has 0 fully saturated rings. The third-order valence-corrected chi connectivity index (χ3v) is 3.54. The first-order chi connectivity index (χ1) is 9.33. The molecule has 0 amide bonds. The fraction of sp³-hybridized carbons (Fsp3) is 0.250. The molecular weight excluding hydrogens is 266 g/mol. The predicted molar refractivity (Wildman–Crippen MR) is 67.6 cm³/mol. The molecule has 1 aromatic carbocycles. The van der Waals surface area contributed by atoms with E-state index >= 15 is 0 Å². The van der Waals surface area contributed by atoms with E-state index in [1.54, 1.807) is 18.2 Å². The Hall–Kier alpha value is -2.02. The number of carbonyl (C=O) groups excluding carboxylic acids is 1. The number of carbonyl (C=O) groups is 1. The Morgan fingerprint density at radius 1 is 1.37 bits per heavy atom. The number of hydrogen-bond donors (Lipinski definition) is 1. The molecule has 7 heteroatoms. The van der Waals surface area contributed by atoms with Gasteiger partial charge < -0.3 is 9.47 Å². The summed E-state index contributed by atoms with van der Waals surface area (Å²) in [5, 5.41) is 7.29. The molecule has 98 valence electrons. The number of ketones is 1. The monoisotopic (exact) mass is 278 g/mol. The average Bonchev–Trinajstić information content (AvgIpc) is 2.97. The molecule has 19 heavy (non-hydrogen) atoms. The van der Waals surface area contributed by atoms with Gasteiger partial charge in [0.15, 0.2) is 17.3 Å². The summed E-state index contributed by atoms with van der Waals surface area (Å²) in [6.45, 7) is 1.06. The van der Waals surface area contributed by atoms with Crippen molar-refractivity contribution < 1.29 is 19.3 Å². The molecule has 6 nitrogen and oxygen atoms in total. The lowest BCUT2D eigenvalue weighted by Gasteiger charge is -2.18. The maximum absolute atomic E-state index is 12.1. The van der Waals surface area contributed by atoms with Crippen LogP contribution in [-0.4, -0.2) is 34.9 Å². The van der Waals surface area contributed by atoms with Crippen molar-refractivity contribution in [2.24, 2.45) is 0 Å². The largest absolute Gasteiger partial charge is 0.486 e. The predicted octanol–water partition coefficient (Wildman–Crippen LogP) is 0.970. The molecule has 0 bridgehead atoms. The highest BCUT2D eigenvalue weighted by Gasteiger charge is 2.16. The van der Waals surface area contributed by atoms with E-state index in [0.717, 1.165) is 5.16 Å². The molecule has 0 radical (unpaired) electrons. The third kappa shape index (κ3) is 2.70. The van der Waals surface area contributed by atoms with E-state index in [-0.39, 0.29) is 5.78 Å². The van der Waals surface area contributed by atoms with E-state index in [0.29, 0.717) is 36.0 Å². The highest BCUT2D eigenvalue weighted by molar-refractivity contribution is 7.99. The number of rotatable bonds is 4. The van der Waals surface area contributed by atoms with Crippen molar-refractivity contribution in [1.82, 2.24) is 10.2 Å². The smallest absolute Gasteiger partial charge is 0.291 e. The van der Waals surface area contributed by atoms with Crippen LogP contribution in [0.25, 0.3) is 0 Å². The van der Waals surface area contributed by atoms with E-state index in [4.69, 9.17) is 9.47 Å². The molecule has 0 saturated carbocycles. The lowest BCUT2D eigenvalue weighted by atomic mass is 10.1. The number of hydrogen-bond acceptors (Lipinski definition) is 5. The zero-order valence-electron chi connectivity index (χ0n) is 10.0. The van der Waals surface area contributed by atoms with Crippen molar-refractivity contribution in [2.75, 3.05) is 19.0 Å². The fourth-order valence-corrected chi connectivity index (χ4v) is 2.42. The Bertz CT molecular complexity index is 586. The first-order valence-corrected chi connectivity index (χ1v) is 6.78. The summed E-state index contributed by atoms with van der Waals surface area (Å²) < 4.78 is 10.9. The van der Waals surface area contributed by atoms with Gasteiger partial charge in [-0.2, -0.15) is 0 Å². The quantitative estimate of drug-likeness (QED) is 0.666. The summed E-state index contributed by atoms with van der Waals surface area (Å²) in [5.74, 6) is 1.69. The molecule has 3 rings (SSSR count). The van der Waals surface area contributed by atoms with Crippen molar-refractivity contribution in [1.29, 1.82) is 0 Å². The average molecular weight is 278 g/mol. The van der Waals surface area contributed by atoms with Crippen LogP contribution in [0.3, 0.4) is 0 Å². The Labute approximate surface area is 113 Å². The molecule has 2 aromatic rings. The van der Waals surface area contributed by atoms with E-state index in [9.17, 15) is 4.79 Å². The summed E-state index contributed by atoms with van der Waals surface area (Å²) in [4.78, 5) is 15.0. The number of ether oxygens (including phenoxy) is 2. The van der Waals surface area contributed by atoms with Gasteiger partial charge in [-0.15, -0.1) is 5.10 Å². The second kappa shape index (κ2) is 5.31. The number of H-pyrrole nitrogens is 2. The van der Waals surface area contributed by atoms with Crippen LogP contribution < -0.4 is 14.5 Å². The van der Waals surface area contributed by atoms with Gasteiger partial charge in [-0.25, -0.2) is 4.98 Å². The molecule has 1 aliphatic heterocycles. The minimum Gasteiger partial charge on any atom is -0.486 e. The van der Waals surface area contributed by atoms with Crippen molar-refractivity contribution in [3.63, 3.8) is 0 Å². The number of benzene rings is 1. The number of fused-ring (bicyclic) bond motifs is 1. The van der Waals surface area contributed by atoms with Crippen LogP contribution in [0.5, 0.6) is 11.5 Å². The Morgan fingerprint density at radius 2 is 2.21 bits per heavy atom. The lowest BCUT2D eigenvalue weighted by molar-refractivity contribution is -0.426. The number of aromatic amines is 2. The van der Waals surface area contributed by atoms with Gasteiger partial charge in [-0.1, -0.05) is 0 Å². The van der Waals surface area contributed by atoms with E-state index < -0.39 is 0 Å². The molecule has 1 aliphatic rings. The Morgan fingerprint density at radius 3 is 3.00 bits per heavy atom. The van der Waals surface area contributed by atoms with Crippen molar-refractivity contribution in [3.05, 3.63) is 30.1 Å². The third-order valence-electron chi connectivity index (χ3n) is 2.64. The zero-order chi connectivity index (χ0) is 13.1. The summed E-state index contributed by atoms with van der Waals surface area (Å²) in [5.41, 5.74) is 0.622. The van der Waals surface area contributed by atoms with Crippen LogP contribution in [0, 0.1) is 0 Å². The number of thioether (sulfide) groups is 1. The molecule has 0 unspecified atom stereocenters. The summed E-state index contributed by atoms with van der Waals surface area (Å²) in [7, 11) is 0. The normalized spacial score (nSPS) is 13.3. The van der Waals surface area contributed by atoms with Gasteiger partial charge in [-0.05, 0) is 30.0 Å². The Kier molecular flexibility index (Phi) is 3.37.